The van der Waals surface area contributed by atoms with Crippen LogP contribution in [0.4, 0.5) is 0 Å². The Morgan fingerprint density at radius 2 is 2.23 bits per heavy atom. The first-order chi connectivity index (χ1) is 12.4. The molecule has 7 heteroatoms. The van der Waals surface area contributed by atoms with Gasteiger partial charge in [0.25, 0.3) is 5.56 Å². The Kier molecular flexibility index (Phi) is 4.73. The van der Waals surface area contributed by atoms with Gasteiger partial charge in [0.1, 0.15) is 12.4 Å². The summed E-state index contributed by atoms with van der Waals surface area (Å²) in [6.07, 6.45) is 1.60. The van der Waals surface area contributed by atoms with E-state index in [4.69, 9.17) is 9.47 Å². The number of benzene rings is 1. The summed E-state index contributed by atoms with van der Waals surface area (Å²) in [4.78, 5) is 25.2. The maximum absolute atomic E-state index is 12.8. The van der Waals surface area contributed by atoms with Crippen LogP contribution < -0.4 is 10.3 Å². The van der Waals surface area contributed by atoms with Gasteiger partial charge in [-0.25, -0.2) is 0 Å². The van der Waals surface area contributed by atoms with E-state index in [0.29, 0.717) is 22.6 Å². The maximum Gasteiger partial charge on any atom is 0.313 e. The van der Waals surface area contributed by atoms with Crippen LogP contribution in [-0.2, 0) is 16.0 Å². The van der Waals surface area contributed by atoms with E-state index < -0.39 is 23.4 Å². The fraction of sp³-hybridized carbons (Fsp3) is 0.368. The molecular weight excluding hydrogens is 336 g/mol. The van der Waals surface area contributed by atoms with Gasteiger partial charge in [0.05, 0.1) is 18.6 Å². The molecule has 3 rings (SSSR count). The van der Waals surface area contributed by atoms with Gasteiger partial charge in [-0.2, -0.15) is 0 Å². The zero-order chi connectivity index (χ0) is 18.9. The van der Waals surface area contributed by atoms with Crippen molar-refractivity contribution in [3.8, 4) is 5.75 Å². The van der Waals surface area contributed by atoms with Gasteiger partial charge in [-0.15, -0.1) is 0 Å². The summed E-state index contributed by atoms with van der Waals surface area (Å²) in [6.45, 7) is 5.15. The molecule has 26 heavy (non-hydrogen) atoms. The second-order valence-electron chi connectivity index (χ2n) is 6.66. The molecular formula is C19H22N2O5. The lowest BCUT2D eigenvalue weighted by atomic mass is 9.66. The lowest BCUT2D eigenvalue weighted by molar-refractivity contribution is -0.158. The third-order valence-electron chi connectivity index (χ3n) is 4.80. The lowest BCUT2D eigenvalue weighted by Gasteiger charge is -2.40. The Hall–Kier alpha value is -2.80. The number of carbonyl (C=O) groups excluding carboxylic acids is 1. The number of nitrogens with one attached hydrogen (secondary N) is 2. The van der Waals surface area contributed by atoms with Crippen molar-refractivity contribution in [1.29, 1.82) is 0 Å². The van der Waals surface area contributed by atoms with Crippen molar-refractivity contribution >= 4 is 5.97 Å². The first kappa shape index (κ1) is 18.0. The Morgan fingerprint density at radius 3 is 2.92 bits per heavy atom. The molecule has 0 bridgehead atoms. The smallest absolute Gasteiger partial charge is 0.313 e. The number of H-pyrrole nitrogens is 2. The highest BCUT2D eigenvalue weighted by atomic mass is 16.5. The van der Waals surface area contributed by atoms with E-state index >= 15 is 0 Å². The number of aliphatic hydroxyl groups is 1. The number of rotatable bonds is 5. The molecule has 1 aromatic heterocycles. The number of hydrogen-bond donors (Lipinski definition) is 3. The van der Waals surface area contributed by atoms with Gasteiger partial charge in [0.2, 0.25) is 0 Å². The monoisotopic (exact) mass is 358 g/mol. The van der Waals surface area contributed by atoms with Crippen LogP contribution in [-0.4, -0.2) is 40.6 Å². The number of carbonyl (C=O) groups is 1. The summed E-state index contributed by atoms with van der Waals surface area (Å²) in [5, 5.41) is 16.4. The van der Waals surface area contributed by atoms with Crippen molar-refractivity contribution in [1.82, 2.24) is 10.2 Å². The van der Waals surface area contributed by atoms with Gasteiger partial charge in [0.15, 0.2) is 0 Å². The van der Waals surface area contributed by atoms with Crippen molar-refractivity contribution in [3.05, 3.63) is 64.1 Å². The molecule has 0 saturated heterocycles. The van der Waals surface area contributed by atoms with E-state index in [-0.39, 0.29) is 18.6 Å². The highest BCUT2D eigenvalue weighted by Crippen LogP contribution is 2.45. The topological polar surface area (TPSA) is 104 Å². The quantitative estimate of drug-likeness (QED) is 0.555. The average molecular weight is 358 g/mol. The summed E-state index contributed by atoms with van der Waals surface area (Å²) in [5.74, 6) is -1.59. The van der Waals surface area contributed by atoms with Gasteiger partial charge >= 0.3 is 5.97 Å². The molecule has 0 aliphatic heterocycles. The highest BCUT2D eigenvalue weighted by molar-refractivity contribution is 5.77. The first-order valence-electron chi connectivity index (χ1n) is 8.32. The number of esters is 1. The minimum absolute atomic E-state index is 0.0343. The van der Waals surface area contributed by atoms with E-state index in [2.05, 4.69) is 16.8 Å². The number of ether oxygens (including phenoxy) is 2. The summed E-state index contributed by atoms with van der Waals surface area (Å²) >= 11 is 0. The fourth-order valence-electron chi connectivity index (χ4n) is 3.68. The van der Waals surface area contributed by atoms with Crippen LogP contribution in [0.5, 0.6) is 5.75 Å². The van der Waals surface area contributed by atoms with Crippen LogP contribution in [0.3, 0.4) is 0 Å². The number of fused-ring (bicyclic) bond motifs is 1. The molecule has 1 aliphatic carbocycles. The molecule has 2 aromatic rings. The van der Waals surface area contributed by atoms with E-state index in [1.54, 1.807) is 38.3 Å². The standard InChI is InChI=1S/C19H22N2O5/c1-4-8-26-18(23)16-14(11-6-5-7-12(9-11)25-3)15-13(10-19(16,2)24)20-21-17(15)22/h4-7,9,14,16,24H,1,8,10H2,2-3H3,(H2,20,21,22)/t14-,16+,19+/m0/s1. The molecule has 0 amide bonds. The molecule has 3 N–H and O–H groups in total. The van der Waals surface area contributed by atoms with Crippen LogP contribution in [0.25, 0.3) is 0 Å². The van der Waals surface area contributed by atoms with Crippen LogP contribution >= 0.6 is 0 Å². The number of hydrogen-bond acceptors (Lipinski definition) is 5. The summed E-state index contributed by atoms with van der Waals surface area (Å²) < 4.78 is 10.5. The van der Waals surface area contributed by atoms with Crippen LogP contribution in [0.2, 0.25) is 0 Å². The summed E-state index contributed by atoms with van der Waals surface area (Å²) in [7, 11) is 1.54. The molecule has 3 atom stereocenters. The van der Waals surface area contributed by atoms with Crippen molar-refractivity contribution in [2.45, 2.75) is 24.9 Å². The zero-order valence-corrected chi connectivity index (χ0v) is 14.7. The molecule has 0 spiro atoms. The second-order valence-corrected chi connectivity index (χ2v) is 6.66. The molecule has 7 nitrogen and oxygen atoms in total. The zero-order valence-electron chi connectivity index (χ0n) is 14.7. The van der Waals surface area contributed by atoms with E-state index in [1.807, 2.05) is 0 Å². The van der Waals surface area contributed by atoms with Crippen LogP contribution in [0, 0.1) is 5.92 Å². The van der Waals surface area contributed by atoms with Crippen molar-refractivity contribution in [2.75, 3.05) is 13.7 Å². The molecule has 1 aromatic carbocycles. The normalized spacial score (nSPS) is 24.6. The maximum atomic E-state index is 12.8. The highest BCUT2D eigenvalue weighted by Gasteiger charge is 2.51. The third kappa shape index (κ3) is 3.06. The number of methoxy groups -OCH3 is 1. The first-order valence-corrected chi connectivity index (χ1v) is 8.32. The molecule has 0 fully saturated rings. The van der Waals surface area contributed by atoms with Crippen LogP contribution in [0.1, 0.15) is 29.7 Å². The fourth-order valence-corrected chi connectivity index (χ4v) is 3.68. The van der Waals surface area contributed by atoms with Gasteiger partial charge < -0.3 is 19.7 Å². The predicted octanol–water partition coefficient (Wildman–Crippen LogP) is 1.50. The molecule has 1 heterocycles. The molecule has 0 saturated carbocycles. The molecule has 1 aliphatic rings. The van der Waals surface area contributed by atoms with Gasteiger partial charge in [-0.05, 0) is 24.6 Å². The average Bonchev–Trinajstić information content (AvgIpc) is 2.97. The second kappa shape index (κ2) is 6.84. The van der Waals surface area contributed by atoms with Crippen LogP contribution in [0.15, 0.2) is 41.7 Å². The Labute approximate surface area is 150 Å². The predicted molar refractivity (Wildman–Crippen MR) is 95.2 cm³/mol. The van der Waals surface area contributed by atoms with Gasteiger partial charge in [-0.3, -0.25) is 14.7 Å². The van der Waals surface area contributed by atoms with E-state index in [1.165, 1.54) is 6.08 Å². The minimum atomic E-state index is -1.40. The summed E-state index contributed by atoms with van der Waals surface area (Å²) in [5.41, 5.74) is -0.00332. The minimum Gasteiger partial charge on any atom is -0.497 e. The number of aromatic amines is 2. The molecule has 0 unspecified atom stereocenters. The Bertz CT molecular complexity index is 880. The largest absolute Gasteiger partial charge is 0.497 e. The van der Waals surface area contributed by atoms with E-state index in [0.717, 1.165) is 0 Å². The molecule has 0 radical (unpaired) electrons. The Balaban J connectivity index is 2.18. The van der Waals surface area contributed by atoms with Gasteiger partial charge in [-0.1, -0.05) is 24.8 Å². The van der Waals surface area contributed by atoms with E-state index in [9.17, 15) is 14.7 Å². The van der Waals surface area contributed by atoms with Crippen molar-refractivity contribution in [2.24, 2.45) is 5.92 Å². The number of aromatic nitrogens is 2. The SMILES string of the molecule is C=CCOC(=O)[C@H]1[C@@H](c2cccc(OC)c2)c2c([nH][nH]c2=O)C[C@@]1(C)O. The van der Waals surface area contributed by atoms with Gasteiger partial charge in [0, 0.05) is 23.6 Å². The summed E-state index contributed by atoms with van der Waals surface area (Å²) in [6, 6.07) is 7.12. The third-order valence-corrected chi connectivity index (χ3v) is 4.80. The van der Waals surface area contributed by atoms with Crippen molar-refractivity contribution in [3.63, 3.8) is 0 Å². The Morgan fingerprint density at radius 1 is 1.46 bits per heavy atom. The lowest BCUT2D eigenvalue weighted by Crippen LogP contribution is -2.50. The molecule has 138 valence electrons. The van der Waals surface area contributed by atoms with Crippen molar-refractivity contribution < 1.29 is 19.4 Å².